The monoisotopic (exact) mass is 246 g/mol. The number of hydrogen-bond donors (Lipinski definition) is 2. The van der Waals surface area contributed by atoms with Crippen LogP contribution in [0.3, 0.4) is 0 Å². The molecule has 0 spiro atoms. The van der Waals surface area contributed by atoms with Crippen LogP contribution in [0, 0.1) is 12.7 Å². The maximum absolute atomic E-state index is 13.5. The van der Waals surface area contributed by atoms with Gasteiger partial charge in [-0.1, -0.05) is 6.07 Å². The van der Waals surface area contributed by atoms with E-state index in [9.17, 15) is 12.8 Å². The van der Waals surface area contributed by atoms with E-state index < -0.39 is 15.8 Å². The summed E-state index contributed by atoms with van der Waals surface area (Å²) >= 11 is 0. The van der Waals surface area contributed by atoms with E-state index in [2.05, 4.69) is 4.72 Å². The molecule has 0 saturated carbocycles. The van der Waals surface area contributed by atoms with Gasteiger partial charge in [0.05, 0.1) is 11.9 Å². The molecule has 3 N–H and O–H groups in total. The Hall–Kier alpha value is -1.14. The normalized spacial score (nSPS) is 11.5. The summed E-state index contributed by atoms with van der Waals surface area (Å²) in [4.78, 5) is 0. The van der Waals surface area contributed by atoms with Crippen LogP contribution in [0.2, 0.25) is 0 Å². The Bertz CT molecular complexity index is 486. The van der Waals surface area contributed by atoms with Crippen molar-refractivity contribution in [3.05, 3.63) is 29.1 Å². The summed E-state index contributed by atoms with van der Waals surface area (Å²) < 4.78 is 37.8. The van der Waals surface area contributed by atoms with E-state index in [1.54, 1.807) is 13.0 Å². The second-order valence-corrected chi connectivity index (χ2v) is 5.42. The number of aryl methyl sites for hydroxylation is 1. The molecule has 0 radical (unpaired) electrons. The van der Waals surface area contributed by atoms with E-state index in [0.29, 0.717) is 24.1 Å². The van der Waals surface area contributed by atoms with E-state index in [1.165, 1.54) is 6.07 Å². The van der Waals surface area contributed by atoms with Gasteiger partial charge in [0, 0.05) is 0 Å². The highest BCUT2D eigenvalue weighted by atomic mass is 32.2. The third-order valence-electron chi connectivity index (χ3n) is 2.10. The predicted molar refractivity (Wildman–Crippen MR) is 62.4 cm³/mol. The molecule has 16 heavy (non-hydrogen) atoms. The standard InChI is InChI=1S/C10H15FN2O2S/c1-7-5-8(3-4-12)9(11)6-10(7)13-16(2,14)15/h5-6,13H,3-4,12H2,1-2H3. The SMILES string of the molecule is Cc1cc(CCN)c(F)cc1NS(C)(=O)=O. The van der Waals surface area contributed by atoms with Gasteiger partial charge in [-0.3, -0.25) is 4.72 Å². The fourth-order valence-electron chi connectivity index (χ4n) is 1.40. The molecule has 90 valence electrons. The molecule has 0 aliphatic heterocycles. The largest absolute Gasteiger partial charge is 0.330 e. The first kappa shape index (κ1) is 12.9. The molecule has 0 atom stereocenters. The fourth-order valence-corrected chi connectivity index (χ4v) is 2.02. The van der Waals surface area contributed by atoms with Crippen molar-refractivity contribution in [3.8, 4) is 0 Å². The molecule has 0 unspecified atom stereocenters. The van der Waals surface area contributed by atoms with Crippen LogP contribution in [0.4, 0.5) is 10.1 Å². The van der Waals surface area contributed by atoms with Crippen molar-refractivity contribution in [2.45, 2.75) is 13.3 Å². The van der Waals surface area contributed by atoms with Gasteiger partial charge in [0.2, 0.25) is 10.0 Å². The highest BCUT2D eigenvalue weighted by Crippen LogP contribution is 2.21. The van der Waals surface area contributed by atoms with Crippen LogP contribution in [0.15, 0.2) is 12.1 Å². The summed E-state index contributed by atoms with van der Waals surface area (Å²) in [5.74, 6) is -0.442. The first-order valence-corrected chi connectivity index (χ1v) is 6.69. The van der Waals surface area contributed by atoms with Gasteiger partial charge in [0.25, 0.3) is 0 Å². The van der Waals surface area contributed by atoms with Crippen molar-refractivity contribution in [1.29, 1.82) is 0 Å². The Morgan fingerprint density at radius 2 is 2.06 bits per heavy atom. The number of rotatable bonds is 4. The van der Waals surface area contributed by atoms with Crippen LogP contribution in [-0.2, 0) is 16.4 Å². The molecule has 0 aromatic heterocycles. The molecule has 0 fully saturated rings. The van der Waals surface area contributed by atoms with Crippen LogP contribution in [-0.4, -0.2) is 21.2 Å². The van der Waals surface area contributed by atoms with Crippen LogP contribution >= 0.6 is 0 Å². The third kappa shape index (κ3) is 3.46. The van der Waals surface area contributed by atoms with Crippen molar-refractivity contribution in [3.63, 3.8) is 0 Å². The number of benzene rings is 1. The topological polar surface area (TPSA) is 72.2 Å². The van der Waals surface area contributed by atoms with Crippen molar-refractivity contribution >= 4 is 15.7 Å². The second kappa shape index (κ2) is 4.80. The van der Waals surface area contributed by atoms with Gasteiger partial charge in [-0.05, 0) is 37.1 Å². The predicted octanol–water partition coefficient (Wildman–Crippen LogP) is 1.01. The van der Waals surface area contributed by atoms with E-state index in [4.69, 9.17) is 5.73 Å². The lowest BCUT2D eigenvalue weighted by molar-refractivity contribution is 0.605. The molecule has 6 heteroatoms. The summed E-state index contributed by atoms with van der Waals surface area (Å²) in [7, 11) is -3.38. The lowest BCUT2D eigenvalue weighted by Gasteiger charge is -2.10. The van der Waals surface area contributed by atoms with E-state index >= 15 is 0 Å². The molecule has 0 aliphatic carbocycles. The Morgan fingerprint density at radius 3 is 2.56 bits per heavy atom. The molecule has 0 saturated heterocycles. The van der Waals surface area contributed by atoms with Gasteiger partial charge in [0.1, 0.15) is 5.82 Å². The molecule has 0 amide bonds. The smallest absolute Gasteiger partial charge is 0.229 e. The highest BCUT2D eigenvalue weighted by molar-refractivity contribution is 7.92. The third-order valence-corrected chi connectivity index (χ3v) is 2.69. The summed E-state index contributed by atoms with van der Waals surface area (Å²) in [5.41, 5.74) is 6.78. The van der Waals surface area contributed by atoms with Crippen molar-refractivity contribution in [2.75, 3.05) is 17.5 Å². The zero-order chi connectivity index (χ0) is 12.3. The minimum atomic E-state index is -3.38. The first-order chi connectivity index (χ1) is 7.33. The van der Waals surface area contributed by atoms with Crippen molar-refractivity contribution in [2.24, 2.45) is 5.73 Å². The molecular formula is C10H15FN2O2S. The molecular weight excluding hydrogens is 231 g/mol. The van der Waals surface area contributed by atoms with E-state index in [-0.39, 0.29) is 5.69 Å². The molecule has 4 nitrogen and oxygen atoms in total. The highest BCUT2D eigenvalue weighted by Gasteiger charge is 2.09. The van der Waals surface area contributed by atoms with Gasteiger partial charge in [-0.25, -0.2) is 12.8 Å². The van der Waals surface area contributed by atoms with Crippen LogP contribution < -0.4 is 10.5 Å². The molecule has 0 aliphatic rings. The lowest BCUT2D eigenvalue weighted by Crippen LogP contribution is -2.12. The van der Waals surface area contributed by atoms with Gasteiger partial charge in [-0.15, -0.1) is 0 Å². The Morgan fingerprint density at radius 1 is 1.44 bits per heavy atom. The van der Waals surface area contributed by atoms with Gasteiger partial charge in [-0.2, -0.15) is 0 Å². The van der Waals surface area contributed by atoms with Crippen LogP contribution in [0.25, 0.3) is 0 Å². The van der Waals surface area contributed by atoms with Crippen LogP contribution in [0.5, 0.6) is 0 Å². The Labute approximate surface area is 94.7 Å². The van der Waals surface area contributed by atoms with Crippen molar-refractivity contribution in [1.82, 2.24) is 0 Å². The average Bonchev–Trinajstić information content (AvgIpc) is 2.11. The van der Waals surface area contributed by atoms with Crippen LogP contribution in [0.1, 0.15) is 11.1 Å². The molecule has 0 heterocycles. The summed E-state index contributed by atoms with van der Waals surface area (Å²) in [6.45, 7) is 2.07. The minimum Gasteiger partial charge on any atom is -0.330 e. The quantitative estimate of drug-likeness (QED) is 0.832. The number of hydrogen-bond acceptors (Lipinski definition) is 3. The maximum Gasteiger partial charge on any atom is 0.229 e. The molecule has 1 rings (SSSR count). The van der Waals surface area contributed by atoms with E-state index in [0.717, 1.165) is 6.26 Å². The number of sulfonamides is 1. The molecule has 1 aromatic carbocycles. The van der Waals surface area contributed by atoms with Gasteiger partial charge >= 0.3 is 0 Å². The average molecular weight is 246 g/mol. The summed E-state index contributed by atoms with van der Waals surface area (Å²) in [5, 5.41) is 0. The zero-order valence-corrected chi connectivity index (χ0v) is 10.1. The number of halogens is 1. The zero-order valence-electron chi connectivity index (χ0n) is 9.25. The molecule has 1 aromatic rings. The number of anilines is 1. The summed E-state index contributed by atoms with van der Waals surface area (Å²) in [6.07, 6.45) is 1.46. The Balaban J connectivity index is 3.10. The summed E-state index contributed by atoms with van der Waals surface area (Å²) in [6, 6.07) is 2.79. The van der Waals surface area contributed by atoms with Crippen molar-refractivity contribution < 1.29 is 12.8 Å². The lowest BCUT2D eigenvalue weighted by atomic mass is 10.1. The minimum absolute atomic E-state index is 0.265. The maximum atomic E-state index is 13.5. The fraction of sp³-hybridized carbons (Fsp3) is 0.400. The van der Waals surface area contributed by atoms with E-state index in [1.807, 2.05) is 0 Å². The number of nitrogens with one attached hydrogen (secondary N) is 1. The Kier molecular flexibility index (Phi) is 3.88. The first-order valence-electron chi connectivity index (χ1n) is 4.80. The number of nitrogens with two attached hydrogens (primary N) is 1. The second-order valence-electron chi connectivity index (χ2n) is 3.67. The molecule has 0 bridgehead atoms. The van der Waals surface area contributed by atoms with Gasteiger partial charge < -0.3 is 5.73 Å². The van der Waals surface area contributed by atoms with Gasteiger partial charge in [0.15, 0.2) is 0 Å².